The minimum absolute atomic E-state index is 0.110. The Kier molecular flexibility index (Phi) is 3.42. The van der Waals surface area contributed by atoms with Crippen LogP contribution in [0, 0.1) is 5.82 Å². The molecule has 1 amide bonds. The summed E-state index contributed by atoms with van der Waals surface area (Å²) in [6.45, 7) is 2.21. The van der Waals surface area contributed by atoms with Crippen molar-refractivity contribution in [3.8, 4) is 5.75 Å². The molecule has 0 radical (unpaired) electrons. The largest absolute Gasteiger partial charge is 0.488 e. The molecule has 1 atom stereocenters. The highest BCUT2D eigenvalue weighted by Gasteiger charge is 2.23. The van der Waals surface area contributed by atoms with Gasteiger partial charge < -0.3 is 10.1 Å². The monoisotopic (exact) mass is 235 g/mol. The first-order valence-corrected chi connectivity index (χ1v) is 5.54. The molecule has 4 heteroatoms. The number of carbonyl (C=O) groups excluding carboxylic acids is 1. The molecular weight excluding hydrogens is 221 g/mol. The molecule has 1 aliphatic rings. The lowest BCUT2D eigenvalue weighted by Crippen LogP contribution is -2.33. The van der Waals surface area contributed by atoms with E-state index in [9.17, 15) is 9.18 Å². The van der Waals surface area contributed by atoms with Gasteiger partial charge in [-0.3, -0.25) is 4.79 Å². The van der Waals surface area contributed by atoms with Crippen LogP contribution in [0.1, 0.15) is 12.5 Å². The predicted molar refractivity (Wildman–Crippen MR) is 62.3 cm³/mol. The van der Waals surface area contributed by atoms with Crippen molar-refractivity contribution < 1.29 is 13.9 Å². The van der Waals surface area contributed by atoms with Gasteiger partial charge in [0.15, 0.2) is 0 Å². The molecule has 0 aliphatic carbocycles. The van der Waals surface area contributed by atoms with Gasteiger partial charge in [-0.25, -0.2) is 4.39 Å². The van der Waals surface area contributed by atoms with Gasteiger partial charge in [0.25, 0.3) is 0 Å². The highest BCUT2D eigenvalue weighted by molar-refractivity contribution is 5.87. The third-order valence-electron chi connectivity index (χ3n) is 2.59. The molecule has 0 fully saturated rings. The molecule has 0 saturated carbocycles. The van der Waals surface area contributed by atoms with E-state index in [2.05, 4.69) is 5.32 Å². The SMILES string of the molecule is C/C=C/C(=O)NCC1Cc2cc(F)ccc2O1. The second-order valence-corrected chi connectivity index (χ2v) is 3.94. The minimum atomic E-state index is -0.258. The normalized spacial score (nSPS) is 17.9. The van der Waals surface area contributed by atoms with Crippen LogP contribution >= 0.6 is 0 Å². The zero-order chi connectivity index (χ0) is 12.3. The fourth-order valence-corrected chi connectivity index (χ4v) is 1.83. The summed E-state index contributed by atoms with van der Waals surface area (Å²) in [6.07, 6.45) is 3.65. The van der Waals surface area contributed by atoms with Crippen LogP contribution < -0.4 is 10.1 Å². The van der Waals surface area contributed by atoms with Gasteiger partial charge in [-0.2, -0.15) is 0 Å². The van der Waals surface area contributed by atoms with Crippen molar-refractivity contribution in [2.24, 2.45) is 0 Å². The molecule has 1 aromatic rings. The number of hydrogen-bond donors (Lipinski definition) is 1. The molecule has 0 bridgehead atoms. The predicted octanol–water partition coefficient (Wildman–Crippen LogP) is 1.82. The van der Waals surface area contributed by atoms with E-state index in [-0.39, 0.29) is 17.8 Å². The Labute approximate surface area is 99.3 Å². The lowest BCUT2D eigenvalue weighted by Gasteiger charge is -2.10. The summed E-state index contributed by atoms with van der Waals surface area (Å²) in [5.41, 5.74) is 0.857. The molecule has 3 nitrogen and oxygen atoms in total. The Balaban J connectivity index is 1.90. The maximum Gasteiger partial charge on any atom is 0.243 e. The summed E-state index contributed by atoms with van der Waals surface area (Å²) in [5.74, 6) is 0.306. The third-order valence-corrected chi connectivity index (χ3v) is 2.59. The first-order chi connectivity index (χ1) is 8.19. The number of allylic oxidation sites excluding steroid dienone is 1. The van der Waals surface area contributed by atoms with Gasteiger partial charge in [-0.05, 0) is 31.2 Å². The maximum atomic E-state index is 13.0. The first kappa shape index (κ1) is 11.6. The third kappa shape index (κ3) is 2.84. The molecule has 1 aromatic carbocycles. The molecule has 1 heterocycles. The zero-order valence-electron chi connectivity index (χ0n) is 9.57. The van der Waals surface area contributed by atoms with Gasteiger partial charge >= 0.3 is 0 Å². The van der Waals surface area contributed by atoms with E-state index in [1.54, 1.807) is 19.1 Å². The Morgan fingerprint density at radius 1 is 1.65 bits per heavy atom. The van der Waals surface area contributed by atoms with E-state index < -0.39 is 0 Å². The first-order valence-electron chi connectivity index (χ1n) is 5.54. The van der Waals surface area contributed by atoms with Crippen molar-refractivity contribution >= 4 is 5.91 Å². The summed E-state index contributed by atoms with van der Waals surface area (Å²) >= 11 is 0. The molecule has 2 rings (SSSR count). The summed E-state index contributed by atoms with van der Waals surface area (Å²) in [6, 6.07) is 4.47. The van der Waals surface area contributed by atoms with Crippen LogP contribution in [0.25, 0.3) is 0 Å². The number of nitrogens with one attached hydrogen (secondary N) is 1. The lowest BCUT2D eigenvalue weighted by atomic mass is 10.1. The number of ether oxygens (including phenoxy) is 1. The topological polar surface area (TPSA) is 38.3 Å². The number of benzene rings is 1. The molecule has 17 heavy (non-hydrogen) atoms. The van der Waals surface area contributed by atoms with Crippen LogP contribution in [-0.4, -0.2) is 18.6 Å². The standard InChI is InChI=1S/C13H14FNO2/c1-2-3-13(16)15-8-11-7-9-6-10(14)4-5-12(9)17-11/h2-6,11H,7-8H2,1H3,(H,15,16)/b3-2+. The summed E-state index contributed by atoms with van der Waals surface area (Å²) in [4.78, 5) is 11.2. The van der Waals surface area contributed by atoms with Gasteiger partial charge in [0.1, 0.15) is 17.7 Å². The van der Waals surface area contributed by atoms with E-state index in [0.29, 0.717) is 18.7 Å². The van der Waals surface area contributed by atoms with E-state index in [1.165, 1.54) is 18.2 Å². The smallest absolute Gasteiger partial charge is 0.243 e. The summed E-state index contributed by atoms with van der Waals surface area (Å²) in [5, 5.41) is 2.73. The average molecular weight is 235 g/mol. The Morgan fingerprint density at radius 3 is 3.24 bits per heavy atom. The molecule has 1 N–H and O–H groups in total. The fraction of sp³-hybridized carbons (Fsp3) is 0.308. The zero-order valence-corrected chi connectivity index (χ0v) is 9.57. The Hall–Kier alpha value is -1.84. The van der Waals surface area contributed by atoms with Crippen molar-refractivity contribution in [2.75, 3.05) is 6.54 Å². The van der Waals surface area contributed by atoms with E-state index in [0.717, 1.165) is 5.56 Å². The van der Waals surface area contributed by atoms with E-state index >= 15 is 0 Å². The van der Waals surface area contributed by atoms with Crippen molar-refractivity contribution in [3.63, 3.8) is 0 Å². The van der Waals surface area contributed by atoms with Crippen LogP contribution in [0.3, 0.4) is 0 Å². The summed E-state index contributed by atoms with van der Waals surface area (Å²) < 4.78 is 18.6. The number of halogens is 1. The Morgan fingerprint density at radius 2 is 2.47 bits per heavy atom. The van der Waals surface area contributed by atoms with Crippen LogP contribution in [0.15, 0.2) is 30.4 Å². The second kappa shape index (κ2) is 4.99. The van der Waals surface area contributed by atoms with Crippen molar-refractivity contribution in [1.29, 1.82) is 0 Å². The average Bonchev–Trinajstić information content (AvgIpc) is 2.68. The van der Waals surface area contributed by atoms with Crippen molar-refractivity contribution in [1.82, 2.24) is 5.32 Å². The number of hydrogen-bond acceptors (Lipinski definition) is 2. The molecular formula is C13H14FNO2. The number of fused-ring (bicyclic) bond motifs is 1. The molecule has 0 saturated heterocycles. The number of amides is 1. The van der Waals surface area contributed by atoms with Crippen LogP contribution in [0.4, 0.5) is 4.39 Å². The van der Waals surface area contributed by atoms with E-state index in [4.69, 9.17) is 4.74 Å². The molecule has 90 valence electrons. The molecule has 0 aromatic heterocycles. The Bertz CT molecular complexity index is 457. The molecule has 0 spiro atoms. The van der Waals surface area contributed by atoms with Gasteiger partial charge in [0, 0.05) is 12.0 Å². The van der Waals surface area contributed by atoms with Gasteiger partial charge in [0.05, 0.1) is 6.54 Å². The van der Waals surface area contributed by atoms with Crippen molar-refractivity contribution in [2.45, 2.75) is 19.4 Å². The highest BCUT2D eigenvalue weighted by atomic mass is 19.1. The second-order valence-electron chi connectivity index (χ2n) is 3.94. The quantitative estimate of drug-likeness (QED) is 0.811. The minimum Gasteiger partial charge on any atom is -0.488 e. The van der Waals surface area contributed by atoms with Gasteiger partial charge in [0.2, 0.25) is 5.91 Å². The van der Waals surface area contributed by atoms with Gasteiger partial charge in [-0.15, -0.1) is 0 Å². The van der Waals surface area contributed by atoms with Crippen LogP contribution in [-0.2, 0) is 11.2 Å². The van der Waals surface area contributed by atoms with Crippen LogP contribution in [0.5, 0.6) is 5.75 Å². The molecule has 1 unspecified atom stereocenters. The van der Waals surface area contributed by atoms with Crippen LogP contribution in [0.2, 0.25) is 0 Å². The highest BCUT2D eigenvalue weighted by Crippen LogP contribution is 2.28. The van der Waals surface area contributed by atoms with Crippen molar-refractivity contribution in [3.05, 3.63) is 41.7 Å². The molecule has 1 aliphatic heterocycles. The number of carbonyl (C=O) groups is 1. The number of rotatable bonds is 3. The lowest BCUT2D eigenvalue weighted by molar-refractivity contribution is -0.116. The maximum absolute atomic E-state index is 13.0. The van der Waals surface area contributed by atoms with E-state index in [1.807, 2.05) is 0 Å². The van der Waals surface area contributed by atoms with Gasteiger partial charge in [-0.1, -0.05) is 6.08 Å². The fourth-order valence-electron chi connectivity index (χ4n) is 1.83. The summed E-state index contributed by atoms with van der Waals surface area (Å²) in [7, 11) is 0.